The smallest absolute Gasteiger partial charge is 0.187 e. The zero-order chi connectivity index (χ0) is 22.1. The summed E-state index contributed by atoms with van der Waals surface area (Å²) in [4.78, 5) is 34.9. The summed E-state index contributed by atoms with van der Waals surface area (Å²) >= 11 is 0. The van der Waals surface area contributed by atoms with Crippen LogP contribution in [0.4, 0.5) is 5.82 Å². The van der Waals surface area contributed by atoms with Gasteiger partial charge in [0, 0.05) is 73.9 Å². The molecule has 0 atom stereocenters. The van der Waals surface area contributed by atoms with Crippen LogP contribution in [-0.2, 0) is 13.5 Å². The Balaban J connectivity index is 1.36. The lowest BCUT2D eigenvalue weighted by molar-refractivity contribution is 0.0987. The summed E-state index contributed by atoms with van der Waals surface area (Å²) in [6.45, 7) is 3.73. The van der Waals surface area contributed by atoms with Crippen molar-refractivity contribution in [1.29, 1.82) is 0 Å². The van der Waals surface area contributed by atoms with Crippen molar-refractivity contribution in [3.63, 3.8) is 0 Å². The van der Waals surface area contributed by atoms with Crippen molar-refractivity contribution in [2.24, 2.45) is 7.05 Å². The molecule has 1 saturated heterocycles. The van der Waals surface area contributed by atoms with Gasteiger partial charge in [0.2, 0.25) is 0 Å². The van der Waals surface area contributed by atoms with E-state index in [9.17, 15) is 4.79 Å². The lowest BCUT2D eigenvalue weighted by Crippen LogP contribution is -2.44. The Morgan fingerprint density at radius 2 is 1.75 bits per heavy atom. The fraction of sp³-hybridized carbons (Fsp3) is 0.304. The number of fused-ring (bicyclic) bond motifs is 1. The Morgan fingerprint density at radius 3 is 2.53 bits per heavy atom. The van der Waals surface area contributed by atoms with E-state index < -0.39 is 0 Å². The molecule has 0 saturated carbocycles. The predicted molar refractivity (Wildman–Crippen MR) is 122 cm³/mol. The molecule has 0 spiro atoms. The van der Waals surface area contributed by atoms with Gasteiger partial charge in [-0.25, -0.2) is 9.97 Å². The van der Waals surface area contributed by atoms with Crippen molar-refractivity contribution in [1.82, 2.24) is 34.6 Å². The number of likely N-dealkylation sites (N-methyl/N-ethyl adjacent to an activating group) is 1. The van der Waals surface area contributed by atoms with E-state index in [1.165, 1.54) is 6.33 Å². The zero-order valence-corrected chi connectivity index (χ0v) is 18.1. The second kappa shape index (κ2) is 8.43. The predicted octanol–water partition coefficient (Wildman–Crippen LogP) is 2.00. The van der Waals surface area contributed by atoms with Crippen LogP contribution in [0.2, 0.25) is 0 Å². The molecule has 4 aromatic heterocycles. The van der Waals surface area contributed by atoms with Crippen LogP contribution in [0.5, 0.6) is 0 Å². The molecule has 0 aliphatic carbocycles. The summed E-state index contributed by atoms with van der Waals surface area (Å²) in [6, 6.07) is 5.75. The van der Waals surface area contributed by atoms with E-state index in [1.807, 2.05) is 37.8 Å². The van der Waals surface area contributed by atoms with Crippen LogP contribution >= 0.6 is 0 Å². The highest BCUT2D eigenvalue weighted by Crippen LogP contribution is 2.23. The second-order valence-corrected chi connectivity index (χ2v) is 8.15. The second-order valence-electron chi connectivity index (χ2n) is 8.15. The molecule has 0 N–H and O–H groups in total. The molecule has 1 fully saturated rings. The molecule has 0 aromatic carbocycles. The van der Waals surface area contributed by atoms with E-state index in [4.69, 9.17) is 0 Å². The zero-order valence-electron chi connectivity index (χ0n) is 18.1. The van der Waals surface area contributed by atoms with Crippen molar-refractivity contribution < 1.29 is 4.79 Å². The maximum atomic E-state index is 12.9. The molecule has 5 heterocycles. The molecule has 162 valence electrons. The highest BCUT2D eigenvalue weighted by molar-refractivity contribution is 5.96. The number of pyridine rings is 2. The fourth-order valence-corrected chi connectivity index (χ4v) is 3.86. The minimum Gasteiger partial charge on any atom is -0.354 e. The van der Waals surface area contributed by atoms with Gasteiger partial charge in [-0.3, -0.25) is 19.4 Å². The van der Waals surface area contributed by atoms with Gasteiger partial charge in [-0.15, -0.1) is 0 Å². The maximum absolute atomic E-state index is 12.9. The topological polar surface area (TPSA) is 92.9 Å². The number of aromatic nitrogens is 6. The number of hydrogen-bond donors (Lipinski definition) is 0. The Labute approximate surface area is 185 Å². The number of hydrogen-bond acceptors (Lipinski definition) is 8. The maximum Gasteiger partial charge on any atom is 0.187 e. The summed E-state index contributed by atoms with van der Waals surface area (Å²) in [5.74, 6) is 0.722. The van der Waals surface area contributed by atoms with E-state index in [0.29, 0.717) is 11.4 Å². The van der Waals surface area contributed by atoms with Crippen LogP contribution in [0.1, 0.15) is 16.2 Å². The molecule has 0 radical (unpaired) electrons. The van der Waals surface area contributed by atoms with Gasteiger partial charge in [-0.05, 0) is 19.2 Å². The van der Waals surface area contributed by atoms with Gasteiger partial charge in [-0.2, -0.15) is 5.10 Å². The van der Waals surface area contributed by atoms with Gasteiger partial charge < -0.3 is 9.80 Å². The first-order chi connectivity index (χ1) is 15.5. The third-order valence-electron chi connectivity index (χ3n) is 5.77. The van der Waals surface area contributed by atoms with E-state index in [0.717, 1.165) is 54.0 Å². The van der Waals surface area contributed by atoms with Crippen molar-refractivity contribution in [3.05, 3.63) is 60.7 Å². The molecule has 0 bridgehead atoms. The van der Waals surface area contributed by atoms with Gasteiger partial charge in [0.15, 0.2) is 5.78 Å². The summed E-state index contributed by atoms with van der Waals surface area (Å²) < 4.78 is 1.76. The largest absolute Gasteiger partial charge is 0.354 e. The quantitative estimate of drug-likeness (QED) is 0.446. The Morgan fingerprint density at radius 1 is 0.906 bits per heavy atom. The fourth-order valence-electron chi connectivity index (χ4n) is 3.86. The Hall–Kier alpha value is -3.72. The average molecular weight is 429 g/mol. The molecule has 9 heteroatoms. The lowest BCUT2D eigenvalue weighted by Gasteiger charge is -2.33. The van der Waals surface area contributed by atoms with Gasteiger partial charge in [-0.1, -0.05) is 0 Å². The molecule has 9 nitrogen and oxygen atoms in total. The van der Waals surface area contributed by atoms with E-state index in [2.05, 4.69) is 41.9 Å². The number of piperazine rings is 1. The molecular weight excluding hydrogens is 404 g/mol. The molecule has 32 heavy (non-hydrogen) atoms. The molecule has 1 aliphatic rings. The van der Waals surface area contributed by atoms with E-state index in [1.54, 1.807) is 16.9 Å². The minimum atomic E-state index is -0.0778. The number of Topliss-reactive ketones (excluding diaryl/α,β-unsaturated/α-hetero) is 1. The molecule has 0 unspecified atom stereocenters. The van der Waals surface area contributed by atoms with Crippen LogP contribution < -0.4 is 4.90 Å². The Bertz CT molecular complexity index is 1280. The first-order valence-electron chi connectivity index (χ1n) is 10.6. The van der Waals surface area contributed by atoms with E-state index in [-0.39, 0.29) is 12.2 Å². The molecule has 5 rings (SSSR count). The number of carbonyl (C=O) groups excluding carboxylic acids is 1. The highest BCUT2D eigenvalue weighted by atomic mass is 16.1. The van der Waals surface area contributed by atoms with Gasteiger partial charge in [0.05, 0.1) is 24.3 Å². The number of anilines is 1. The van der Waals surface area contributed by atoms with Crippen LogP contribution in [0.25, 0.3) is 22.0 Å². The summed E-state index contributed by atoms with van der Waals surface area (Å²) in [6.07, 6.45) is 8.92. The Kier molecular flexibility index (Phi) is 5.32. The normalized spacial score (nSPS) is 14.8. The lowest BCUT2D eigenvalue weighted by atomic mass is 10.1. The van der Waals surface area contributed by atoms with Crippen LogP contribution in [0, 0.1) is 0 Å². The van der Waals surface area contributed by atoms with Crippen LogP contribution in [0.3, 0.4) is 0 Å². The molecular formula is C23H24N8O. The number of rotatable bonds is 5. The SMILES string of the molecule is CN1CCN(c2cc(C(=O)Cc3cc4cc(-c5cnn(C)c5)cnc4cn3)ncn2)CC1. The average Bonchev–Trinajstić information content (AvgIpc) is 3.25. The summed E-state index contributed by atoms with van der Waals surface area (Å²) in [5.41, 5.74) is 3.86. The highest BCUT2D eigenvalue weighted by Gasteiger charge is 2.18. The summed E-state index contributed by atoms with van der Waals surface area (Å²) in [5, 5.41) is 5.16. The number of carbonyl (C=O) groups is 1. The van der Waals surface area contributed by atoms with Gasteiger partial charge in [0.1, 0.15) is 17.8 Å². The number of ketones is 1. The monoisotopic (exact) mass is 428 g/mol. The first-order valence-corrected chi connectivity index (χ1v) is 10.6. The van der Waals surface area contributed by atoms with Gasteiger partial charge >= 0.3 is 0 Å². The van der Waals surface area contributed by atoms with Crippen molar-refractivity contribution in [3.8, 4) is 11.1 Å². The number of aryl methyl sites for hydroxylation is 1. The molecule has 1 aliphatic heterocycles. The third kappa shape index (κ3) is 4.19. The standard InChI is InChI=1S/C23H24N8O/c1-29-3-5-31(6-4-29)23-10-20(26-15-27-23)22(32)9-19-8-16-7-17(11-25-21(16)13-24-19)18-12-28-30(2)14-18/h7-8,10-15H,3-6,9H2,1-2H3. The first kappa shape index (κ1) is 20.2. The van der Waals surface area contributed by atoms with E-state index >= 15 is 0 Å². The summed E-state index contributed by atoms with van der Waals surface area (Å²) in [7, 11) is 3.99. The van der Waals surface area contributed by atoms with Crippen molar-refractivity contribution >= 4 is 22.5 Å². The molecule has 4 aromatic rings. The number of nitrogens with zero attached hydrogens (tertiary/aromatic N) is 8. The van der Waals surface area contributed by atoms with Gasteiger partial charge in [0.25, 0.3) is 0 Å². The minimum absolute atomic E-state index is 0.0778. The van der Waals surface area contributed by atoms with Crippen LogP contribution in [0.15, 0.2) is 49.3 Å². The third-order valence-corrected chi connectivity index (χ3v) is 5.77. The molecule has 0 amide bonds. The van der Waals surface area contributed by atoms with Crippen molar-refractivity contribution in [2.45, 2.75) is 6.42 Å². The van der Waals surface area contributed by atoms with Crippen molar-refractivity contribution in [2.75, 3.05) is 38.1 Å². The van der Waals surface area contributed by atoms with Crippen LogP contribution in [-0.4, -0.2) is 73.6 Å².